The minimum Gasteiger partial charge on any atom is -0.462 e. The molecule has 326 valence electrons. The van der Waals surface area contributed by atoms with Gasteiger partial charge in [0.2, 0.25) is 0 Å². The van der Waals surface area contributed by atoms with E-state index in [-0.39, 0.29) is 32.6 Å². The van der Waals surface area contributed by atoms with E-state index >= 15 is 0 Å². The van der Waals surface area contributed by atoms with Gasteiger partial charge in [0.15, 0.2) is 6.10 Å². The summed E-state index contributed by atoms with van der Waals surface area (Å²) in [5.41, 5.74) is 5.34. The van der Waals surface area contributed by atoms with Crippen LogP contribution in [-0.4, -0.2) is 60.5 Å². The molecule has 0 aliphatic carbocycles. The zero-order chi connectivity index (χ0) is 41.2. The maximum atomic E-state index is 12.6. The van der Waals surface area contributed by atoms with E-state index in [0.29, 0.717) is 25.7 Å². The number of carbonyl (C=O) groups is 2. The number of phosphoric ester groups is 1. The lowest BCUT2D eigenvalue weighted by Crippen LogP contribution is -2.29. The summed E-state index contributed by atoms with van der Waals surface area (Å²) in [5.74, 6) is -0.932. The van der Waals surface area contributed by atoms with Crippen LogP contribution in [0.4, 0.5) is 0 Å². The van der Waals surface area contributed by atoms with Crippen LogP contribution < -0.4 is 5.73 Å². The van der Waals surface area contributed by atoms with Crippen LogP contribution in [0.3, 0.4) is 0 Å². The number of ether oxygens (including phenoxy) is 2. The van der Waals surface area contributed by atoms with Crippen molar-refractivity contribution < 1.29 is 42.7 Å². The SMILES string of the molecule is CCCCC/C=C\C=C/[C@@H](O)C/C=C\C/C=C/CCCC(=O)OC[C@H](COP(=O)(O)OCCN)OC(=O)CCCCCCCCCCCCCCCCCCC. The first-order valence-electron chi connectivity index (χ1n) is 22.2. The van der Waals surface area contributed by atoms with Gasteiger partial charge in [-0.15, -0.1) is 0 Å². The summed E-state index contributed by atoms with van der Waals surface area (Å²) >= 11 is 0. The summed E-state index contributed by atoms with van der Waals surface area (Å²) < 4.78 is 32.7. The predicted octanol–water partition coefficient (Wildman–Crippen LogP) is 11.7. The molecule has 11 heteroatoms. The molecule has 0 saturated carbocycles. The molecule has 0 saturated heterocycles. The number of phosphoric acid groups is 1. The number of aliphatic hydroxyl groups is 1. The van der Waals surface area contributed by atoms with Gasteiger partial charge in [0.1, 0.15) is 6.61 Å². The van der Waals surface area contributed by atoms with Crippen molar-refractivity contribution >= 4 is 19.8 Å². The lowest BCUT2D eigenvalue weighted by molar-refractivity contribution is -0.161. The van der Waals surface area contributed by atoms with Gasteiger partial charge in [-0.2, -0.15) is 0 Å². The molecule has 0 bridgehead atoms. The van der Waals surface area contributed by atoms with Crippen molar-refractivity contribution in [2.75, 3.05) is 26.4 Å². The van der Waals surface area contributed by atoms with Gasteiger partial charge in [0.25, 0.3) is 0 Å². The molecular weight excluding hydrogens is 729 g/mol. The Morgan fingerprint density at radius 2 is 1.16 bits per heavy atom. The van der Waals surface area contributed by atoms with Gasteiger partial charge in [0.05, 0.1) is 19.3 Å². The Balaban J connectivity index is 4.27. The molecule has 0 aromatic carbocycles. The third-order valence-corrected chi connectivity index (χ3v) is 10.3. The number of rotatable bonds is 41. The molecule has 0 rings (SSSR count). The van der Waals surface area contributed by atoms with Crippen molar-refractivity contribution in [2.24, 2.45) is 5.73 Å². The molecule has 0 aliphatic heterocycles. The van der Waals surface area contributed by atoms with Crippen LogP contribution in [0.15, 0.2) is 48.6 Å². The van der Waals surface area contributed by atoms with E-state index in [9.17, 15) is 24.2 Å². The minimum atomic E-state index is -4.40. The Kier molecular flexibility index (Phi) is 39.6. The van der Waals surface area contributed by atoms with Crippen molar-refractivity contribution in [3.8, 4) is 0 Å². The fourth-order valence-corrected chi connectivity index (χ4v) is 6.71. The zero-order valence-corrected chi connectivity index (χ0v) is 36.4. The molecule has 0 radical (unpaired) electrons. The van der Waals surface area contributed by atoms with Gasteiger partial charge in [-0.05, 0) is 44.9 Å². The second-order valence-electron chi connectivity index (χ2n) is 14.8. The fraction of sp³-hybridized carbons (Fsp3) is 0.778. The van der Waals surface area contributed by atoms with E-state index in [1.165, 1.54) is 103 Å². The standard InChI is InChI=1S/C45H82NO9P/c1-3-5-7-9-11-12-13-14-15-16-17-18-19-20-24-29-33-37-45(49)55-43(41-54-56(50,51)53-39-38-46)40-52-44(48)36-32-28-25-21-23-27-31-35-42(47)34-30-26-22-10-8-6-4-2/h21-22,25-27,30-31,34,42-43,47H,3-20,23-24,28-29,32-33,35-41,46H2,1-2H3,(H,50,51)/b25-21+,26-22-,31-27-,34-30-/t42-,43-/m1/s1. The topological polar surface area (TPSA) is 155 Å². The molecule has 4 N–H and O–H groups in total. The van der Waals surface area contributed by atoms with E-state index in [0.717, 1.165) is 32.1 Å². The number of unbranched alkanes of at least 4 members (excludes halogenated alkanes) is 20. The number of carbonyl (C=O) groups excluding carboxylic acids is 2. The first-order valence-corrected chi connectivity index (χ1v) is 23.7. The van der Waals surface area contributed by atoms with Crippen LogP contribution in [0.2, 0.25) is 0 Å². The van der Waals surface area contributed by atoms with Gasteiger partial charge in [-0.3, -0.25) is 18.6 Å². The predicted molar refractivity (Wildman–Crippen MR) is 230 cm³/mol. The van der Waals surface area contributed by atoms with Gasteiger partial charge < -0.3 is 25.2 Å². The van der Waals surface area contributed by atoms with Gasteiger partial charge in [0, 0.05) is 19.4 Å². The molecule has 1 unspecified atom stereocenters. The Morgan fingerprint density at radius 1 is 0.625 bits per heavy atom. The van der Waals surface area contributed by atoms with E-state index in [2.05, 4.69) is 19.9 Å². The van der Waals surface area contributed by atoms with Crippen LogP contribution >= 0.6 is 7.82 Å². The van der Waals surface area contributed by atoms with E-state index in [4.69, 9.17) is 24.3 Å². The zero-order valence-electron chi connectivity index (χ0n) is 35.5. The Hall–Kier alpha value is -2.07. The molecule has 0 amide bonds. The average Bonchev–Trinajstić information content (AvgIpc) is 3.18. The third-order valence-electron chi connectivity index (χ3n) is 9.30. The number of esters is 2. The molecule has 0 spiro atoms. The molecule has 0 aromatic heterocycles. The van der Waals surface area contributed by atoms with Gasteiger partial charge >= 0.3 is 19.8 Å². The molecule has 3 atom stereocenters. The molecule has 0 aliphatic rings. The maximum absolute atomic E-state index is 12.6. The van der Waals surface area contributed by atoms with Gasteiger partial charge in [-0.1, -0.05) is 178 Å². The molecule has 10 nitrogen and oxygen atoms in total. The van der Waals surface area contributed by atoms with Crippen molar-refractivity contribution in [1.82, 2.24) is 0 Å². The molecule has 56 heavy (non-hydrogen) atoms. The number of hydrogen-bond acceptors (Lipinski definition) is 9. The van der Waals surface area contributed by atoms with E-state index in [1.54, 1.807) is 6.08 Å². The quantitative estimate of drug-likeness (QED) is 0.0179. The smallest absolute Gasteiger partial charge is 0.462 e. The summed E-state index contributed by atoms with van der Waals surface area (Å²) in [5, 5.41) is 10.1. The van der Waals surface area contributed by atoms with Crippen LogP contribution in [0.25, 0.3) is 0 Å². The molecule has 0 fully saturated rings. The summed E-state index contributed by atoms with van der Waals surface area (Å²) in [6.07, 6.45) is 43.1. The highest BCUT2D eigenvalue weighted by Crippen LogP contribution is 2.43. The Bertz CT molecular complexity index is 1080. The molecule has 0 aromatic rings. The molecule has 0 heterocycles. The number of nitrogens with two attached hydrogens (primary N) is 1. The lowest BCUT2D eigenvalue weighted by Gasteiger charge is -2.19. The fourth-order valence-electron chi connectivity index (χ4n) is 5.94. The summed E-state index contributed by atoms with van der Waals surface area (Å²) in [4.78, 5) is 34.9. The average molecular weight is 812 g/mol. The van der Waals surface area contributed by atoms with E-state index in [1.807, 2.05) is 36.5 Å². The van der Waals surface area contributed by atoms with Crippen LogP contribution in [-0.2, 0) is 32.7 Å². The number of hydrogen-bond donors (Lipinski definition) is 3. The summed E-state index contributed by atoms with van der Waals surface area (Å²) in [7, 11) is -4.40. The number of allylic oxidation sites excluding steroid dienone is 6. The monoisotopic (exact) mass is 812 g/mol. The number of aliphatic hydroxyl groups excluding tert-OH is 1. The van der Waals surface area contributed by atoms with Crippen LogP contribution in [0.1, 0.15) is 187 Å². The Morgan fingerprint density at radius 3 is 1.77 bits per heavy atom. The highest BCUT2D eigenvalue weighted by atomic mass is 31.2. The van der Waals surface area contributed by atoms with Crippen molar-refractivity contribution in [2.45, 2.75) is 199 Å². The van der Waals surface area contributed by atoms with Crippen molar-refractivity contribution in [3.05, 3.63) is 48.6 Å². The summed E-state index contributed by atoms with van der Waals surface area (Å²) in [6.45, 7) is 3.56. The van der Waals surface area contributed by atoms with Crippen molar-refractivity contribution in [3.63, 3.8) is 0 Å². The van der Waals surface area contributed by atoms with Crippen LogP contribution in [0, 0.1) is 0 Å². The highest BCUT2D eigenvalue weighted by Gasteiger charge is 2.26. The maximum Gasteiger partial charge on any atom is 0.472 e. The highest BCUT2D eigenvalue weighted by molar-refractivity contribution is 7.47. The second-order valence-corrected chi connectivity index (χ2v) is 16.2. The Labute approximate surface area is 341 Å². The summed E-state index contributed by atoms with van der Waals surface area (Å²) in [6, 6.07) is 0. The van der Waals surface area contributed by atoms with Crippen LogP contribution in [0.5, 0.6) is 0 Å². The minimum absolute atomic E-state index is 0.0364. The lowest BCUT2D eigenvalue weighted by atomic mass is 10.0. The van der Waals surface area contributed by atoms with Gasteiger partial charge in [-0.25, -0.2) is 4.57 Å². The molecular formula is C45H82NO9P. The first kappa shape index (κ1) is 53.9. The third kappa shape index (κ3) is 40.1. The second kappa shape index (κ2) is 41.1. The largest absolute Gasteiger partial charge is 0.472 e. The normalized spacial score (nSPS) is 14.3. The van der Waals surface area contributed by atoms with E-state index < -0.39 is 38.6 Å². The first-order chi connectivity index (χ1) is 27.2. The van der Waals surface area contributed by atoms with Crippen molar-refractivity contribution in [1.29, 1.82) is 0 Å².